The Bertz CT molecular complexity index is 534. The molecule has 0 spiro atoms. The molecule has 0 unspecified atom stereocenters. The van der Waals surface area contributed by atoms with Crippen molar-refractivity contribution in [2.45, 2.75) is 33.8 Å². The van der Waals surface area contributed by atoms with E-state index in [1.54, 1.807) is 20.8 Å². The highest BCUT2D eigenvalue weighted by molar-refractivity contribution is 7.18. The summed E-state index contributed by atoms with van der Waals surface area (Å²) in [5.41, 5.74) is 5.84. The highest BCUT2D eigenvalue weighted by Gasteiger charge is 2.25. The van der Waals surface area contributed by atoms with Gasteiger partial charge in [0.25, 0.3) is 5.91 Å². The predicted octanol–water partition coefficient (Wildman–Crippen LogP) is 1.68. The molecule has 0 aliphatic heterocycles. The summed E-state index contributed by atoms with van der Waals surface area (Å²) < 4.78 is 5.10. The van der Waals surface area contributed by atoms with Gasteiger partial charge in [-0.3, -0.25) is 9.59 Å². The van der Waals surface area contributed by atoms with Gasteiger partial charge in [0.2, 0.25) is 5.91 Å². The fourth-order valence-corrected chi connectivity index (χ4v) is 2.61. The lowest BCUT2D eigenvalue weighted by atomic mass is 10.1. The van der Waals surface area contributed by atoms with Gasteiger partial charge in [0.05, 0.1) is 16.5 Å². The van der Waals surface area contributed by atoms with Crippen LogP contribution in [-0.2, 0) is 9.53 Å². The summed E-state index contributed by atoms with van der Waals surface area (Å²) in [6, 6.07) is 0. The van der Waals surface area contributed by atoms with Crippen molar-refractivity contribution >= 4 is 34.1 Å². The van der Waals surface area contributed by atoms with Crippen molar-refractivity contribution in [1.29, 1.82) is 0 Å². The number of thiophene rings is 1. The third-order valence-electron chi connectivity index (χ3n) is 2.21. The van der Waals surface area contributed by atoms with Crippen molar-refractivity contribution in [3.8, 4) is 0 Å². The van der Waals surface area contributed by atoms with Crippen LogP contribution >= 0.6 is 11.3 Å². The molecule has 6 nitrogen and oxygen atoms in total. The normalized spacial score (nSPS) is 10.4. The van der Waals surface area contributed by atoms with Crippen LogP contribution in [0.15, 0.2) is 0 Å². The molecule has 0 radical (unpaired) electrons. The highest BCUT2D eigenvalue weighted by Crippen LogP contribution is 2.33. The molecule has 0 fully saturated rings. The van der Waals surface area contributed by atoms with E-state index in [1.165, 1.54) is 6.92 Å². The number of hydrogen-bond donors (Lipinski definition) is 2. The van der Waals surface area contributed by atoms with Gasteiger partial charge < -0.3 is 15.8 Å². The van der Waals surface area contributed by atoms with Crippen LogP contribution in [0.25, 0.3) is 0 Å². The minimum absolute atomic E-state index is 0.183. The number of nitrogens with one attached hydrogen (secondary N) is 1. The van der Waals surface area contributed by atoms with Crippen LogP contribution in [0, 0.1) is 6.92 Å². The zero-order valence-electron chi connectivity index (χ0n) is 11.2. The Labute approximate surface area is 114 Å². The Morgan fingerprint density at radius 2 is 1.89 bits per heavy atom. The fraction of sp³-hybridized carbons (Fsp3) is 0.417. The zero-order valence-corrected chi connectivity index (χ0v) is 12.0. The first-order valence-corrected chi connectivity index (χ1v) is 6.47. The van der Waals surface area contributed by atoms with Gasteiger partial charge in [-0.2, -0.15) is 0 Å². The summed E-state index contributed by atoms with van der Waals surface area (Å²) in [7, 11) is 0. The van der Waals surface area contributed by atoms with E-state index in [2.05, 4.69) is 5.32 Å². The standard InChI is InChI=1S/C12H16N2O4S/c1-5(2)18-12(17)8-6(3)9(10(13)16)19-11(8)14-7(4)15/h5H,1-4H3,(H2,13,16)(H,14,15). The molecule has 0 saturated heterocycles. The lowest BCUT2D eigenvalue weighted by Gasteiger charge is -2.09. The zero-order chi connectivity index (χ0) is 14.7. The summed E-state index contributed by atoms with van der Waals surface area (Å²) in [4.78, 5) is 34.6. The minimum Gasteiger partial charge on any atom is -0.459 e. The SMILES string of the molecule is CC(=O)Nc1sc(C(N)=O)c(C)c1C(=O)OC(C)C. The second-order valence-electron chi connectivity index (χ2n) is 4.26. The van der Waals surface area contributed by atoms with Crippen molar-refractivity contribution in [1.82, 2.24) is 0 Å². The van der Waals surface area contributed by atoms with Crippen molar-refractivity contribution in [2.24, 2.45) is 5.73 Å². The van der Waals surface area contributed by atoms with Gasteiger partial charge >= 0.3 is 5.97 Å². The molecule has 0 aliphatic carbocycles. The number of esters is 1. The molecule has 1 aromatic heterocycles. The van der Waals surface area contributed by atoms with Crippen molar-refractivity contribution in [3.63, 3.8) is 0 Å². The first-order chi connectivity index (χ1) is 8.73. The summed E-state index contributed by atoms with van der Waals surface area (Å²) in [5, 5.41) is 2.80. The number of nitrogens with two attached hydrogens (primary N) is 1. The van der Waals surface area contributed by atoms with Crippen LogP contribution in [0.4, 0.5) is 5.00 Å². The van der Waals surface area contributed by atoms with E-state index >= 15 is 0 Å². The third kappa shape index (κ3) is 3.54. The van der Waals surface area contributed by atoms with E-state index in [-0.39, 0.29) is 27.5 Å². The quantitative estimate of drug-likeness (QED) is 0.822. The van der Waals surface area contributed by atoms with E-state index in [0.717, 1.165) is 11.3 Å². The van der Waals surface area contributed by atoms with E-state index in [1.807, 2.05) is 0 Å². The highest BCUT2D eigenvalue weighted by atomic mass is 32.1. The van der Waals surface area contributed by atoms with Gasteiger partial charge in [0, 0.05) is 6.92 Å². The van der Waals surface area contributed by atoms with Crippen LogP contribution in [0.2, 0.25) is 0 Å². The van der Waals surface area contributed by atoms with E-state index in [0.29, 0.717) is 5.56 Å². The molecule has 19 heavy (non-hydrogen) atoms. The molecule has 1 aromatic rings. The van der Waals surface area contributed by atoms with E-state index in [4.69, 9.17) is 10.5 Å². The van der Waals surface area contributed by atoms with Crippen molar-refractivity contribution < 1.29 is 19.1 Å². The average molecular weight is 284 g/mol. The number of hydrogen-bond acceptors (Lipinski definition) is 5. The molecule has 0 aliphatic rings. The molecule has 0 aromatic carbocycles. The second-order valence-corrected chi connectivity index (χ2v) is 5.28. The Morgan fingerprint density at radius 1 is 1.32 bits per heavy atom. The summed E-state index contributed by atoms with van der Waals surface area (Å²) >= 11 is 0.971. The Hall–Kier alpha value is -1.89. The number of ether oxygens (including phenoxy) is 1. The van der Waals surface area contributed by atoms with Gasteiger partial charge in [0.1, 0.15) is 5.00 Å². The number of carbonyl (C=O) groups excluding carboxylic acids is 3. The van der Waals surface area contributed by atoms with Crippen LogP contribution < -0.4 is 11.1 Å². The monoisotopic (exact) mass is 284 g/mol. The van der Waals surface area contributed by atoms with Gasteiger partial charge in [0.15, 0.2) is 0 Å². The van der Waals surface area contributed by atoms with E-state index in [9.17, 15) is 14.4 Å². The average Bonchev–Trinajstić information content (AvgIpc) is 2.53. The molecule has 0 atom stereocenters. The molecule has 7 heteroatoms. The van der Waals surface area contributed by atoms with Gasteiger partial charge in [-0.1, -0.05) is 0 Å². The summed E-state index contributed by atoms with van der Waals surface area (Å²) in [6.07, 6.45) is -0.297. The maximum absolute atomic E-state index is 12.0. The van der Waals surface area contributed by atoms with Gasteiger partial charge in [-0.25, -0.2) is 4.79 Å². The Kier molecular flexibility index (Phi) is 4.66. The molecule has 2 amide bonds. The largest absolute Gasteiger partial charge is 0.459 e. The maximum Gasteiger partial charge on any atom is 0.341 e. The number of carbonyl (C=O) groups is 3. The van der Waals surface area contributed by atoms with Crippen LogP contribution in [-0.4, -0.2) is 23.9 Å². The van der Waals surface area contributed by atoms with Gasteiger partial charge in [-0.15, -0.1) is 11.3 Å². The third-order valence-corrected chi connectivity index (χ3v) is 3.43. The lowest BCUT2D eigenvalue weighted by Crippen LogP contribution is -2.16. The maximum atomic E-state index is 12.0. The Balaban J connectivity index is 3.29. The molecule has 3 N–H and O–H groups in total. The summed E-state index contributed by atoms with van der Waals surface area (Å²) in [6.45, 7) is 6.34. The second kappa shape index (κ2) is 5.83. The molecular formula is C12H16N2O4S. The molecular weight excluding hydrogens is 268 g/mol. The van der Waals surface area contributed by atoms with Crippen LogP contribution in [0.1, 0.15) is 46.4 Å². The fourth-order valence-electron chi connectivity index (χ4n) is 1.52. The summed E-state index contributed by atoms with van der Waals surface area (Å²) in [5.74, 6) is -1.56. The number of primary amides is 1. The topological polar surface area (TPSA) is 98.5 Å². The molecule has 0 bridgehead atoms. The lowest BCUT2D eigenvalue weighted by molar-refractivity contribution is -0.114. The molecule has 0 saturated carbocycles. The number of amides is 2. The Morgan fingerprint density at radius 3 is 2.32 bits per heavy atom. The van der Waals surface area contributed by atoms with Crippen LogP contribution in [0.5, 0.6) is 0 Å². The smallest absolute Gasteiger partial charge is 0.341 e. The predicted molar refractivity (Wildman–Crippen MR) is 72.4 cm³/mol. The van der Waals surface area contributed by atoms with Crippen molar-refractivity contribution in [3.05, 3.63) is 16.0 Å². The first-order valence-electron chi connectivity index (χ1n) is 5.65. The van der Waals surface area contributed by atoms with E-state index < -0.39 is 11.9 Å². The van der Waals surface area contributed by atoms with Gasteiger partial charge in [-0.05, 0) is 26.3 Å². The minimum atomic E-state index is -0.641. The number of anilines is 1. The molecule has 1 heterocycles. The van der Waals surface area contributed by atoms with Crippen LogP contribution in [0.3, 0.4) is 0 Å². The van der Waals surface area contributed by atoms with Crippen molar-refractivity contribution in [2.75, 3.05) is 5.32 Å². The molecule has 104 valence electrons. The first kappa shape index (κ1) is 15.2. The number of rotatable bonds is 4. The molecule has 1 rings (SSSR count).